The molecule has 27 heavy (non-hydrogen) atoms. The number of aromatic nitrogens is 3. The van der Waals surface area contributed by atoms with E-state index in [1.54, 1.807) is 10.9 Å². The SMILES string of the molecule is CCCn1cc(NC(=O)N2CCN(Cc3ccc4c(c3)OCO4)CC2)nn1. The number of aryl methyl sites for hydroxylation is 1. The van der Waals surface area contributed by atoms with Crippen LogP contribution in [0.25, 0.3) is 0 Å². The van der Waals surface area contributed by atoms with Crippen LogP contribution in [0.4, 0.5) is 10.6 Å². The second kappa shape index (κ2) is 7.83. The monoisotopic (exact) mass is 372 g/mol. The normalized spacial score (nSPS) is 16.6. The highest BCUT2D eigenvalue weighted by Crippen LogP contribution is 2.32. The number of carbonyl (C=O) groups is 1. The molecule has 1 fully saturated rings. The van der Waals surface area contributed by atoms with Gasteiger partial charge in [-0.05, 0) is 24.1 Å². The smallest absolute Gasteiger partial charge is 0.323 e. The zero-order valence-electron chi connectivity index (χ0n) is 15.4. The van der Waals surface area contributed by atoms with Crippen LogP contribution >= 0.6 is 0 Å². The maximum absolute atomic E-state index is 12.4. The molecule has 0 bridgehead atoms. The van der Waals surface area contributed by atoms with Crippen LogP contribution in [0.5, 0.6) is 11.5 Å². The van der Waals surface area contributed by atoms with Crippen LogP contribution in [0.15, 0.2) is 24.4 Å². The van der Waals surface area contributed by atoms with Gasteiger partial charge < -0.3 is 14.4 Å². The van der Waals surface area contributed by atoms with Gasteiger partial charge in [-0.25, -0.2) is 4.79 Å². The van der Waals surface area contributed by atoms with E-state index in [1.807, 2.05) is 17.0 Å². The first-order valence-electron chi connectivity index (χ1n) is 9.28. The molecule has 0 spiro atoms. The quantitative estimate of drug-likeness (QED) is 0.861. The molecular formula is C18H24N6O3. The molecule has 0 radical (unpaired) electrons. The van der Waals surface area contributed by atoms with Gasteiger partial charge in [-0.1, -0.05) is 18.2 Å². The predicted molar refractivity (Wildman–Crippen MR) is 98.7 cm³/mol. The van der Waals surface area contributed by atoms with Crippen LogP contribution in [-0.2, 0) is 13.1 Å². The fraction of sp³-hybridized carbons (Fsp3) is 0.500. The van der Waals surface area contributed by atoms with Gasteiger partial charge in [0.1, 0.15) is 0 Å². The average Bonchev–Trinajstić information content (AvgIpc) is 3.31. The Balaban J connectivity index is 1.26. The Morgan fingerprint density at radius 2 is 2.00 bits per heavy atom. The van der Waals surface area contributed by atoms with Crippen molar-refractivity contribution in [1.29, 1.82) is 0 Å². The molecule has 0 atom stereocenters. The van der Waals surface area contributed by atoms with E-state index >= 15 is 0 Å². The molecule has 2 aliphatic rings. The Hall–Kier alpha value is -2.81. The number of fused-ring (bicyclic) bond motifs is 1. The number of hydrogen-bond acceptors (Lipinski definition) is 6. The Labute approximate surface area is 157 Å². The highest BCUT2D eigenvalue weighted by molar-refractivity contribution is 5.88. The summed E-state index contributed by atoms with van der Waals surface area (Å²) < 4.78 is 12.5. The van der Waals surface area contributed by atoms with Gasteiger partial charge in [0.25, 0.3) is 0 Å². The molecule has 1 aromatic heterocycles. The molecule has 2 aromatic rings. The van der Waals surface area contributed by atoms with Crippen molar-refractivity contribution in [3.8, 4) is 11.5 Å². The largest absolute Gasteiger partial charge is 0.454 e. The first kappa shape index (κ1) is 17.6. The second-order valence-corrected chi connectivity index (χ2v) is 6.75. The zero-order chi connectivity index (χ0) is 18.6. The van der Waals surface area contributed by atoms with E-state index in [9.17, 15) is 4.79 Å². The minimum Gasteiger partial charge on any atom is -0.454 e. The number of ether oxygens (including phenoxy) is 2. The van der Waals surface area contributed by atoms with Gasteiger partial charge in [0.15, 0.2) is 17.3 Å². The first-order valence-corrected chi connectivity index (χ1v) is 9.28. The summed E-state index contributed by atoms with van der Waals surface area (Å²) in [6.45, 7) is 6.99. The molecule has 4 rings (SSSR count). The lowest BCUT2D eigenvalue weighted by Crippen LogP contribution is -2.49. The third-order valence-corrected chi connectivity index (χ3v) is 4.73. The van der Waals surface area contributed by atoms with E-state index in [4.69, 9.17) is 9.47 Å². The van der Waals surface area contributed by atoms with Crippen molar-refractivity contribution < 1.29 is 14.3 Å². The highest BCUT2D eigenvalue weighted by Gasteiger charge is 2.22. The number of piperazine rings is 1. The Morgan fingerprint density at radius 3 is 2.81 bits per heavy atom. The van der Waals surface area contributed by atoms with Crippen LogP contribution in [0.2, 0.25) is 0 Å². The van der Waals surface area contributed by atoms with E-state index in [0.29, 0.717) is 25.7 Å². The average molecular weight is 372 g/mol. The number of hydrogen-bond donors (Lipinski definition) is 1. The number of rotatable bonds is 5. The van der Waals surface area contributed by atoms with Crippen molar-refractivity contribution in [3.63, 3.8) is 0 Å². The molecule has 0 saturated carbocycles. The summed E-state index contributed by atoms with van der Waals surface area (Å²) in [5.41, 5.74) is 1.18. The lowest BCUT2D eigenvalue weighted by atomic mass is 10.1. The van der Waals surface area contributed by atoms with Crippen molar-refractivity contribution >= 4 is 11.8 Å². The van der Waals surface area contributed by atoms with Gasteiger partial charge in [-0.3, -0.25) is 14.9 Å². The van der Waals surface area contributed by atoms with Crippen molar-refractivity contribution in [1.82, 2.24) is 24.8 Å². The van der Waals surface area contributed by atoms with E-state index < -0.39 is 0 Å². The van der Waals surface area contributed by atoms with Gasteiger partial charge in [0, 0.05) is 39.3 Å². The van der Waals surface area contributed by atoms with Crippen LogP contribution < -0.4 is 14.8 Å². The van der Waals surface area contributed by atoms with Crippen LogP contribution in [0, 0.1) is 0 Å². The van der Waals surface area contributed by atoms with Gasteiger partial charge in [0.05, 0.1) is 6.20 Å². The lowest BCUT2D eigenvalue weighted by molar-refractivity contribution is 0.143. The third-order valence-electron chi connectivity index (χ3n) is 4.73. The Bertz CT molecular complexity index is 800. The number of anilines is 1. The maximum Gasteiger partial charge on any atom is 0.323 e. The summed E-state index contributed by atoms with van der Waals surface area (Å²) in [4.78, 5) is 16.6. The number of nitrogens with one attached hydrogen (secondary N) is 1. The highest BCUT2D eigenvalue weighted by atomic mass is 16.7. The molecule has 2 aliphatic heterocycles. The van der Waals surface area contributed by atoms with E-state index in [-0.39, 0.29) is 6.03 Å². The number of amides is 2. The van der Waals surface area contributed by atoms with E-state index in [2.05, 4.69) is 33.5 Å². The molecule has 9 nitrogen and oxygen atoms in total. The molecule has 144 valence electrons. The number of carbonyl (C=O) groups excluding carboxylic acids is 1. The molecule has 0 unspecified atom stereocenters. The summed E-state index contributed by atoms with van der Waals surface area (Å²) in [7, 11) is 0. The van der Waals surface area contributed by atoms with Crippen LogP contribution in [0.1, 0.15) is 18.9 Å². The third kappa shape index (κ3) is 4.13. The van der Waals surface area contributed by atoms with Gasteiger partial charge in [-0.2, -0.15) is 0 Å². The number of benzene rings is 1. The van der Waals surface area contributed by atoms with Gasteiger partial charge in [0.2, 0.25) is 6.79 Å². The summed E-state index contributed by atoms with van der Waals surface area (Å²) in [6, 6.07) is 5.92. The number of nitrogens with zero attached hydrogens (tertiary/aromatic N) is 5. The molecular weight excluding hydrogens is 348 g/mol. The molecule has 1 aromatic carbocycles. The minimum absolute atomic E-state index is 0.124. The Kier molecular flexibility index (Phi) is 5.10. The van der Waals surface area contributed by atoms with Crippen molar-refractivity contribution in [2.75, 3.05) is 38.3 Å². The van der Waals surface area contributed by atoms with Crippen molar-refractivity contribution in [2.24, 2.45) is 0 Å². The molecule has 3 heterocycles. The topological polar surface area (TPSA) is 84.8 Å². The van der Waals surface area contributed by atoms with E-state index in [1.165, 1.54) is 5.56 Å². The molecule has 0 aliphatic carbocycles. The fourth-order valence-electron chi connectivity index (χ4n) is 3.29. The Morgan fingerprint density at radius 1 is 1.19 bits per heavy atom. The number of urea groups is 1. The fourth-order valence-corrected chi connectivity index (χ4v) is 3.29. The minimum atomic E-state index is -0.124. The second-order valence-electron chi connectivity index (χ2n) is 6.75. The maximum atomic E-state index is 12.4. The molecule has 1 saturated heterocycles. The van der Waals surface area contributed by atoms with Gasteiger partial charge in [-0.15, -0.1) is 5.10 Å². The summed E-state index contributed by atoms with van der Waals surface area (Å²) in [6.07, 6.45) is 2.74. The standard InChI is InChI=1S/C18H24N6O3/c1-2-5-24-12-17(20-21-24)19-18(25)23-8-6-22(7-9-23)11-14-3-4-15-16(10-14)27-13-26-15/h3-4,10,12H,2,5-9,11,13H2,1H3,(H,19,25). The van der Waals surface area contributed by atoms with Crippen molar-refractivity contribution in [2.45, 2.75) is 26.4 Å². The van der Waals surface area contributed by atoms with Crippen LogP contribution in [-0.4, -0.2) is 63.8 Å². The van der Waals surface area contributed by atoms with Crippen LogP contribution in [0.3, 0.4) is 0 Å². The summed E-state index contributed by atoms with van der Waals surface area (Å²) in [5.74, 6) is 2.11. The van der Waals surface area contributed by atoms with Gasteiger partial charge >= 0.3 is 6.03 Å². The molecule has 1 N–H and O–H groups in total. The molecule has 9 heteroatoms. The first-order chi connectivity index (χ1) is 13.2. The lowest BCUT2D eigenvalue weighted by Gasteiger charge is -2.34. The summed E-state index contributed by atoms with van der Waals surface area (Å²) >= 11 is 0. The van der Waals surface area contributed by atoms with E-state index in [0.717, 1.165) is 44.1 Å². The predicted octanol–water partition coefficient (Wildman–Crippen LogP) is 1.77. The molecule has 2 amide bonds. The zero-order valence-corrected chi connectivity index (χ0v) is 15.4. The van der Waals surface area contributed by atoms with Crippen molar-refractivity contribution in [3.05, 3.63) is 30.0 Å². The summed E-state index contributed by atoms with van der Waals surface area (Å²) in [5, 5.41) is 10.8.